The first-order valence-electron chi connectivity index (χ1n) is 8.54. The van der Waals surface area contributed by atoms with Gasteiger partial charge in [-0.15, -0.1) is 0 Å². The number of ether oxygens (including phenoxy) is 1. The largest absolute Gasteiger partial charge is 0.385 e. The Bertz CT molecular complexity index is 968. The van der Waals surface area contributed by atoms with E-state index in [1.165, 1.54) is 0 Å². The Labute approximate surface area is 145 Å². The number of aromatic nitrogens is 4. The highest BCUT2D eigenvalue weighted by Crippen LogP contribution is 2.33. The number of nitrogens with zero attached hydrogens (tertiary/aromatic N) is 4. The zero-order chi connectivity index (χ0) is 17.6. The monoisotopic (exact) mass is 341 g/mol. The summed E-state index contributed by atoms with van der Waals surface area (Å²) in [4.78, 5) is 16.5. The highest BCUT2D eigenvalue weighted by atomic mass is 16.5. The zero-order valence-electron chi connectivity index (χ0n) is 14.8. The van der Waals surface area contributed by atoms with Crippen molar-refractivity contribution in [2.45, 2.75) is 12.5 Å². The van der Waals surface area contributed by atoms with Gasteiger partial charge in [0.25, 0.3) is 0 Å². The van der Waals surface area contributed by atoms with E-state index in [-0.39, 0.29) is 11.8 Å². The molecule has 0 amide bonds. The van der Waals surface area contributed by atoms with Gasteiger partial charge in [0.05, 0.1) is 11.0 Å². The first-order chi connectivity index (χ1) is 12.1. The molecule has 0 aliphatic carbocycles. The zero-order valence-corrected chi connectivity index (χ0v) is 14.8. The van der Waals surface area contributed by atoms with Crippen molar-refractivity contribution >= 4 is 16.7 Å². The van der Waals surface area contributed by atoms with E-state index in [9.17, 15) is 4.79 Å². The van der Waals surface area contributed by atoms with Gasteiger partial charge in [-0.05, 0) is 24.6 Å². The molecule has 132 valence electrons. The fourth-order valence-electron chi connectivity index (χ4n) is 3.65. The predicted molar refractivity (Wildman–Crippen MR) is 96.7 cm³/mol. The Morgan fingerprint density at radius 1 is 1.24 bits per heavy atom. The first kappa shape index (κ1) is 16.0. The van der Waals surface area contributed by atoms with Gasteiger partial charge in [-0.1, -0.05) is 0 Å². The van der Waals surface area contributed by atoms with Crippen molar-refractivity contribution in [2.75, 3.05) is 18.5 Å². The van der Waals surface area contributed by atoms with Crippen LogP contribution in [-0.2, 0) is 25.9 Å². The van der Waals surface area contributed by atoms with E-state index >= 15 is 0 Å². The molecule has 0 spiro atoms. The van der Waals surface area contributed by atoms with Crippen molar-refractivity contribution in [3.8, 4) is 0 Å². The minimum Gasteiger partial charge on any atom is -0.385 e. The molecular formula is C18H23N5O2. The lowest BCUT2D eigenvalue weighted by Gasteiger charge is -2.19. The fraction of sp³-hybridized carbons (Fsp3) is 0.444. The minimum absolute atomic E-state index is 0.00816. The van der Waals surface area contributed by atoms with Crippen molar-refractivity contribution in [1.82, 2.24) is 18.7 Å². The maximum Gasteiger partial charge on any atom is 0.328 e. The maximum atomic E-state index is 12.1. The Morgan fingerprint density at radius 2 is 2.04 bits per heavy atom. The van der Waals surface area contributed by atoms with Crippen LogP contribution in [0.2, 0.25) is 0 Å². The molecule has 0 saturated carbocycles. The van der Waals surface area contributed by atoms with Crippen LogP contribution in [0, 0.1) is 5.92 Å². The Hall–Kier alpha value is -2.54. The molecule has 0 bridgehead atoms. The van der Waals surface area contributed by atoms with Gasteiger partial charge >= 0.3 is 5.69 Å². The lowest BCUT2D eigenvalue weighted by atomic mass is 10.0. The molecule has 1 aliphatic rings. The number of imidazole rings is 2. The van der Waals surface area contributed by atoms with Crippen molar-refractivity contribution in [1.29, 1.82) is 0 Å². The summed E-state index contributed by atoms with van der Waals surface area (Å²) < 4.78 is 11.3. The van der Waals surface area contributed by atoms with Crippen LogP contribution in [0.1, 0.15) is 18.3 Å². The molecule has 1 aliphatic heterocycles. The minimum atomic E-state index is -0.00816. The molecule has 3 heterocycles. The molecule has 2 atom stereocenters. The molecule has 1 N–H and O–H groups in total. The van der Waals surface area contributed by atoms with Crippen LogP contribution in [0.5, 0.6) is 0 Å². The fourth-order valence-corrected chi connectivity index (χ4v) is 3.65. The number of nitrogens with one attached hydrogen (secondary N) is 1. The second-order valence-electron chi connectivity index (χ2n) is 6.72. The summed E-state index contributed by atoms with van der Waals surface area (Å²) in [5, 5.41) is 3.50. The van der Waals surface area contributed by atoms with Crippen LogP contribution in [0.25, 0.3) is 11.0 Å². The average molecular weight is 341 g/mol. The van der Waals surface area contributed by atoms with Crippen LogP contribution >= 0.6 is 0 Å². The number of aryl methyl sites for hydroxylation is 3. The normalized spacial score (nSPS) is 20.4. The summed E-state index contributed by atoms with van der Waals surface area (Å²) in [5.41, 5.74) is 2.87. The second-order valence-corrected chi connectivity index (χ2v) is 6.72. The Morgan fingerprint density at radius 3 is 2.80 bits per heavy atom. The molecule has 7 nitrogen and oxygen atoms in total. The van der Waals surface area contributed by atoms with Crippen molar-refractivity contribution < 1.29 is 4.74 Å². The summed E-state index contributed by atoms with van der Waals surface area (Å²) >= 11 is 0. The average Bonchev–Trinajstić information content (AvgIpc) is 3.29. The van der Waals surface area contributed by atoms with Gasteiger partial charge in [0.1, 0.15) is 11.9 Å². The lowest BCUT2D eigenvalue weighted by Crippen LogP contribution is -2.20. The van der Waals surface area contributed by atoms with Crippen molar-refractivity contribution in [3.05, 3.63) is 46.9 Å². The third-order valence-electron chi connectivity index (χ3n) is 5.17. The van der Waals surface area contributed by atoms with Gasteiger partial charge in [-0.2, -0.15) is 0 Å². The number of hydrogen-bond donors (Lipinski definition) is 1. The molecule has 4 rings (SSSR count). The van der Waals surface area contributed by atoms with Crippen LogP contribution in [-0.4, -0.2) is 31.8 Å². The topological polar surface area (TPSA) is 66.0 Å². The quantitative estimate of drug-likeness (QED) is 0.786. The van der Waals surface area contributed by atoms with Gasteiger partial charge in [-0.3, -0.25) is 9.13 Å². The molecule has 25 heavy (non-hydrogen) atoms. The van der Waals surface area contributed by atoms with Gasteiger partial charge < -0.3 is 14.6 Å². The van der Waals surface area contributed by atoms with E-state index < -0.39 is 0 Å². The van der Waals surface area contributed by atoms with E-state index in [1.807, 2.05) is 42.2 Å². The van der Waals surface area contributed by atoms with Crippen molar-refractivity contribution in [3.63, 3.8) is 0 Å². The van der Waals surface area contributed by atoms with Crippen LogP contribution < -0.4 is 11.0 Å². The molecule has 7 heteroatoms. The number of benzene rings is 1. The molecule has 1 saturated heterocycles. The summed E-state index contributed by atoms with van der Waals surface area (Å²) in [5.74, 6) is 1.35. The summed E-state index contributed by atoms with van der Waals surface area (Å²) in [6.07, 6.45) is 4.80. The highest BCUT2D eigenvalue weighted by molar-refractivity contribution is 5.80. The van der Waals surface area contributed by atoms with Gasteiger partial charge in [-0.25, -0.2) is 9.78 Å². The molecule has 1 fully saturated rings. The number of hydrogen-bond acceptors (Lipinski definition) is 4. The second kappa shape index (κ2) is 6.07. The molecule has 2 aromatic heterocycles. The van der Waals surface area contributed by atoms with Crippen LogP contribution in [0.3, 0.4) is 0 Å². The predicted octanol–water partition coefficient (Wildman–Crippen LogP) is 1.80. The maximum absolute atomic E-state index is 12.1. The molecule has 3 aromatic rings. The van der Waals surface area contributed by atoms with Crippen LogP contribution in [0.4, 0.5) is 5.69 Å². The van der Waals surface area contributed by atoms with E-state index in [0.717, 1.165) is 42.1 Å². The van der Waals surface area contributed by atoms with Crippen LogP contribution in [0.15, 0.2) is 35.4 Å². The molecule has 0 unspecified atom stereocenters. The smallest absolute Gasteiger partial charge is 0.328 e. The lowest BCUT2D eigenvalue weighted by molar-refractivity contribution is 0.0839. The molecule has 0 radical (unpaired) electrons. The summed E-state index contributed by atoms with van der Waals surface area (Å²) in [6.45, 7) is 1.57. The standard InChI is InChI=1S/C18H23N5O2/c1-21-8-7-19-17(21)16-12(6-9-25-16)11-20-13-4-5-14-15(10-13)23(3)18(24)22(14)2/h4-5,7-8,10,12,16,20H,6,9,11H2,1-3H3/t12-,16+/m0/s1. The van der Waals surface area contributed by atoms with Gasteiger partial charge in [0.2, 0.25) is 0 Å². The molecule has 1 aromatic carbocycles. The summed E-state index contributed by atoms with van der Waals surface area (Å²) in [6, 6.07) is 6.04. The van der Waals surface area contributed by atoms with Gasteiger partial charge in [0.15, 0.2) is 0 Å². The third kappa shape index (κ3) is 2.64. The van der Waals surface area contributed by atoms with Gasteiger partial charge in [0, 0.05) is 58.3 Å². The number of anilines is 1. The SMILES string of the molecule is Cn1ccnc1[C@@H]1OCC[C@H]1CNc1ccc2c(c1)n(C)c(=O)n2C. The highest BCUT2D eigenvalue weighted by Gasteiger charge is 2.32. The first-order valence-corrected chi connectivity index (χ1v) is 8.54. The van der Waals surface area contributed by atoms with E-state index in [2.05, 4.69) is 10.3 Å². The van der Waals surface area contributed by atoms with Crippen molar-refractivity contribution in [2.24, 2.45) is 27.1 Å². The Kier molecular flexibility index (Phi) is 3.88. The van der Waals surface area contributed by atoms with E-state index in [1.54, 1.807) is 23.2 Å². The molecular weight excluding hydrogens is 318 g/mol. The number of rotatable bonds is 4. The Balaban J connectivity index is 1.53. The third-order valence-corrected chi connectivity index (χ3v) is 5.17. The number of fused-ring (bicyclic) bond motifs is 1. The van der Waals surface area contributed by atoms with E-state index in [4.69, 9.17) is 4.74 Å². The van der Waals surface area contributed by atoms with E-state index in [0.29, 0.717) is 5.92 Å². The summed E-state index contributed by atoms with van der Waals surface area (Å²) in [7, 11) is 5.60.